The number of hydrogen-bond acceptors (Lipinski definition) is 8. The highest BCUT2D eigenvalue weighted by molar-refractivity contribution is 6.21. The van der Waals surface area contributed by atoms with E-state index in [1.807, 2.05) is 0 Å². The SMILES string of the molecule is CC(=O)Oc1cccc(C(=O)Nc2ccccc2NC(=O)CCCN2C(=O)c3ccc([N+](=O)[O-])cc3C2=O)c1. The van der Waals surface area contributed by atoms with Crippen molar-refractivity contribution in [2.45, 2.75) is 19.8 Å². The predicted octanol–water partition coefficient (Wildman–Crippen LogP) is 3.79. The molecule has 2 N–H and O–H groups in total. The van der Waals surface area contributed by atoms with Crippen LogP contribution in [0.5, 0.6) is 5.75 Å². The predicted molar refractivity (Wildman–Crippen MR) is 138 cm³/mol. The van der Waals surface area contributed by atoms with Crippen molar-refractivity contribution in [2.24, 2.45) is 0 Å². The molecule has 1 heterocycles. The molecule has 0 saturated heterocycles. The molecule has 4 amide bonds. The van der Waals surface area contributed by atoms with Gasteiger partial charge in [0.1, 0.15) is 5.75 Å². The van der Waals surface area contributed by atoms with Crippen LogP contribution in [0.3, 0.4) is 0 Å². The zero-order valence-electron chi connectivity index (χ0n) is 20.6. The lowest BCUT2D eigenvalue weighted by molar-refractivity contribution is -0.384. The van der Waals surface area contributed by atoms with Gasteiger partial charge in [0.25, 0.3) is 23.4 Å². The number of carbonyl (C=O) groups excluding carboxylic acids is 5. The molecule has 0 aliphatic carbocycles. The molecule has 39 heavy (non-hydrogen) atoms. The summed E-state index contributed by atoms with van der Waals surface area (Å²) in [5.41, 5.74) is 0.649. The number of non-ortho nitro benzene ring substituents is 1. The van der Waals surface area contributed by atoms with Gasteiger partial charge in [-0.15, -0.1) is 0 Å². The van der Waals surface area contributed by atoms with Gasteiger partial charge in [-0.1, -0.05) is 18.2 Å². The largest absolute Gasteiger partial charge is 0.427 e. The number of amides is 4. The molecular formula is C27H22N4O8. The molecule has 0 aromatic heterocycles. The van der Waals surface area contributed by atoms with Crippen LogP contribution >= 0.6 is 0 Å². The topological polar surface area (TPSA) is 165 Å². The average molecular weight is 530 g/mol. The molecule has 12 nitrogen and oxygen atoms in total. The number of nitro groups is 1. The maximum absolute atomic E-state index is 12.8. The van der Waals surface area contributed by atoms with Gasteiger partial charge in [0.2, 0.25) is 5.91 Å². The third-order valence-electron chi connectivity index (χ3n) is 5.76. The van der Waals surface area contributed by atoms with Crippen LogP contribution in [0.25, 0.3) is 0 Å². The molecule has 0 saturated carbocycles. The van der Waals surface area contributed by atoms with E-state index in [4.69, 9.17) is 4.74 Å². The number of hydrogen-bond donors (Lipinski definition) is 2. The monoisotopic (exact) mass is 530 g/mol. The summed E-state index contributed by atoms with van der Waals surface area (Å²) in [5.74, 6) is -2.43. The molecule has 12 heteroatoms. The fourth-order valence-electron chi connectivity index (χ4n) is 3.97. The van der Waals surface area contributed by atoms with Crippen LogP contribution in [0.2, 0.25) is 0 Å². The number of rotatable bonds is 9. The third kappa shape index (κ3) is 6.13. The van der Waals surface area contributed by atoms with E-state index < -0.39 is 34.5 Å². The minimum atomic E-state index is -0.648. The number of ether oxygens (including phenoxy) is 1. The molecule has 0 bridgehead atoms. The summed E-state index contributed by atoms with van der Waals surface area (Å²) in [6, 6.07) is 16.1. The Morgan fingerprint density at radius 3 is 2.28 bits per heavy atom. The second kappa shape index (κ2) is 11.3. The Balaban J connectivity index is 1.34. The molecule has 0 atom stereocenters. The van der Waals surface area contributed by atoms with Crippen LogP contribution in [-0.4, -0.2) is 46.0 Å². The first-order valence-electron chi connectivity index (χ1n) is 11.8. The summed E-state index contributed by atoms with van der Waals surface area (Å²) in [5, 5.41) is 16.4. The van der Waals surface area contributed by atoms with Gasteiger partial charge in [-0.25, -0.2) is 0 Å². The van der Waals surface area contributed by atoms with Crippen molar-refractivity contribution in [1.29, 1.82) is 0 Å². The highest BCUT2D eigenvalue weighted by Gasteiger charge is 2.36. The summed E-state index contributed by atoms with van der Waals surface area (Å²) in [7, 11) is 0. The molecule has 0 fully saturated rings. The Kier molecular flexibility index (Phi) is 7.75. The Labute approximate surface area is 221 Å². The Bertz CT molecular complexity index is 1520. The van der Waals surface area contributed by atoms with Gasteiger partial charge >= 0.3 is 5.97 Å². The van der Waals surface area contributed by atoms with Crippen molar-refractivity contribution >= 4 is 46.7 Å². The third-order valence-corrected chi connectivity index (χ3v) is 5.76. The van der Waals surface area contributed by atoms with Crippen molar-refractivity contribution in [3.05, 3.63) is 93.5 Å². The standard InChI is InChI=1S/C27H22N4O8/c1-16(32)39-19-7-4-6-17(14-19)25(34)29-23-9-3-2-8-22(23)28-24(33)10-5-13-30-26(35)20-12-11-18(31(37)38)15-21(20)27(30)36/h2-4,6-9,11-12,14-15H,5,10,13H2,1H3,(H,28,33)(H,29,34). The van der Waals surface area contributed by atoms with E-state index in [0.29, 0.717) is 11.4 Å². The van der Waals surface area contributed by atoms with E-state index in [2.05, 4.69) is 10.6 Å². The fourth-order valence-corrected chi connectivity index (χ4v) is 3.97. The summed E-state index contributed by atoms with van der Waals surface area (Å²) in [6.45, 7) is 1.20. The number of esters is 1. The molecular weight excluding hydrogens is 508 g/mol. The lowest BCUT2D eigenvalue weighted by Crippen LogP contribution is -2.31. The van der Waals surface area contributed by atoms with Crippen LogP contribution in [0, 0.1) is 10.1 Å². The van der Waals surface area contributed by atoms with Gasteiger partial charge in [-0.2, -0.15) is 0 Å². The molecule has 4 rings (SSSR count). The molecule has 1 aliphatic heterocycles. The quantitative estimate of drug-likeness (QED) is 0.139. The van der Waals surface area contributed by atoms with Gasteiger partial charge in [0.05, 0.1) is 27.4 Å². The first-order valence-corrected chi connectivity index (χ1v) is 11.8. The van der Waals surface area contributed by atoms with Gasteiger partial charge in [-0.05, 0) is 42.8 Å². The Morgan fingerprint density at radius 2 is 1.59 bits per heavy atom. The van der Waals surface area contributed by atoms with E-state index >= 15 is 0 Å². The van der Waals surface area contributed by atoms with Crippen LogP contribution in [0.15, 0.2) is 66.7 Å². The minimum Gasteiger partial charge on any atom is -0.427 e. The number of fused-ring (bicyclic) bond motifs is 1. The van der Waals surface area contributed by atoms with E-state index in [-0.39, 0.29) is 47.5 Å². The number of nitrogens with zero attached hydrogens (tertiary/aromatic N) is 2. The minimum absolute atomic E-state index is 0.0401. The van der Waals surface area contributed by atoms with E-state index in [0.717, 1.165) is 17.0 Å². The number of nitro benzene ring substituents is 1. The van der Waals surface area contributed by atoms with Crippen molar-refractivity contribution in [1.82, 2.24) is 4.90 Å². The van der Waals surface area contributed by atoms with Crippen molar-refractivity contribution < 1.29 is 33.6 Å². The van der Waals surface area contributed by atoms with Gasteiger partial charge in [-0.3, -0.25) is 39.0 Å². The molecule has 3 aromatic rings. The highest BCUT2D eigenvalue weighted by Crippen LogP contribution is 2.27. The molecule has 1 aliphatic rings. The molecule has 0 radical (unpaired) electrons. The highest BCUT2D eigenvalue weighted by atomic mass is 16.6. The zero-order valence-corrected chi connectivity index (χ0v) is 20.6. The van der Waals surface area contributed by atoms with Gasteiger partial charge in [0, 0.05) is 37.6 Å². The fraction of sp³-hybridized carbons (Fsp3) is 0.148. The number of para-hydroxylation sites is 2. The van der Waals surface area contributed by atoms with Crippen molar-refractivity contribution in [3.63, 3.8) is 0 Å². The van der Waals surface area contributed by atoms with E-state index in [1.54, 1.807) is 36.4 Å². The maximum Gasteiger partial charge on any atom is 0.308 e. The number of anilines is 2. The Hall–Kier alpha value is -5.39. The second-order valence-electron chi connectivity index (χ2n) is 8.52. The second-order valence-corrected chi connectivity index (χ2v) is 8.52. The van der Waals surface area contributed by atoms with Crippen LogP contribution in [0.4, 0.5) is 17.1 Å². The summed E-state index contributed by atoms with van der Waals surface area (Å²) in [6.07, 6.45) is 0.108. The van der Waals surface area contributed by atoms with Crippen molar-refractivity contribution in [3.8, 4) is 5.75 Å². The maximum atomic E-state index is 12.8. The van der Waals surface area contributed by atoms with E-state index in [9.17, 15) is 34.1 Å². The van der Waals surface area contributed by atoms with Crippen LogP contribution < -0.4 is 15.4 Å². The molecule has 0 spiro atoms. The first kappa shape index (κ1) is 26.7. The number of benzene rings is 3. The number of nitrogens with one attached hydrogen (secondary N) is 2. The molecule has 0 unspecified atom stereocenters. The van der Waals surface area contributed by atoms with Gasteiger partial charge < -0.3 is 15.4 Å². The summed E-state index contributed by atoms with van der Waals surface area (Å²) < 4.78 is 5.00. The molecule has 198 valence electrons. The van der Waals surface area contributed by atoms with E-state index in [1.165, 1.54) is 25.1 Å². The lowest BCUT2D eigenvalue weighted by Gasteiger charge is -2.15. The normalized spacial score (nSPS) is 12.1. The summed E-state index contributed by atoms with van der Waals surface area (Å²) >= 11 is 0. The lowest BCUT2D eigenvalue weighted by atomic mass is 10.1. The number of imide groups is 1. The Morgan fingerprint density at radius 1 is 0.897 bits per heavy atom. The smallest absolute Gasteiger partial charge is 0.308 e. The van der Waals surface area contributed by atoms with Crippen LogP contribution in [0.1, 0.15) is 50.8 Å². The van der Waals surface area contributed by atoms with Gasteiger partial charge in [0.15, 0.2) is 0 Å². The summed E-state index contributed by atoms with van der Waals surface area (Å²) in [4.78, 5) is 73.0. The van der Waals surface area contributed by atoms with Crippen molar-refractivity contribution in [2.75, 3.05) is 17.2 Å². The average Bonchev–Trinajstić information content (AvgIpc) is 3.13. The number of carbonyl (C=O) groups is 5. The molecule has 3 aromatic carbocycles. The zero-order chi connectivity index (χ0) is 28.1. The first-order chi connectivity index (χ1) is 18.6. The van der Waals surface area contributed by atoms with Crippen LogP contribution in [-0.2, 0) is 9.59 Å².